The van der Waals surface area contributed by atoms with E-state index in [1.807, 2.05) is 6.07 Å². The van der Waals surface area contributed by atoms with E-state index in [-0.39, 0.29) is 34.3 Å². The van der Waals surface area contributed by atoms with E-state index in [0.717, 1.165) is 17.1 Å². The number of rotatable bonds is 6. The van der Waals surface area contributed by atoms with Crippen LogP contribution in [0.25, 0.3) is 5.82 Å². The first-order valence-electron chi connectivity index (χ1n) is 10.3. The Hall–Kier alpha value is -2.99. The number of nitrogens with zero attached hydrogens (tertiary/aromatic N) is 6. The second-order valence-corrected chi connectivity index (χ2v) is 10.0. The van der Waals surface area contributed by atoms with Gasteiger partial charge < -0.3 is 10.1 Å². The number of anilines is 1. The summed E-state index contributed by atoms with van der Waals surface area (Å²) in [7, 11) is 1.16. The molecule has 0 radical (unpaired) electrons. The Kier molecular flexibility index (Phi) is 9.66. The number of amides is 3. The third kappa shape index (κ3) is 6.30. The van der Waals surface area contributed by atoms with Crippen molar-refractivity contribution in [1.82, 2.24) is 24.8 Å². The minimum absolute atomic E-state index is 0.00629. The average molecular weight is 719 g/mol. The van der Waals surface area contributed by atoms with Gasteiger partial charge in [-0.2, -0.15) is 10.4 Å². The lowest BCUT2D eigenvalue weighted by Crippen LogP contribution is -2.50. The number of pyridine rings is 1. The summed E-state index contributed by atoms with van der Waals surface area (Å²) in [4.78, 5) is 43.5. The number of ether oxygens (including phenoxy) is 1. The number of hydrogen-bond donors (Lipinski definition) is 1. The summed E-state index contributed by atoms with van der Waals surface area (Å²) >= 11 is 16.2. The smallest absolute Gasteiger partial charge is 0.428 e. The number of hydrogen-bond acceptors (Lipinski definition) is 7. The zero-order valence-electron chi connectivity index (χ0n) is 19.2. The van der Waals surface area contributed by atoms with Crippen molar-refractivity contribution >= 4 is 83.0 Å². The molecule has 3 amide bonds. The van der Waals surface area contributed by atoms with Crippen LogP contribution in [0, 0.1) is 11.3 Å². The van der Waals surface area contributed by atoms with Gasteiger partial charge in [0.1, 0.15) is 16.8 Å². The first-order valence-corrected chi connectivity index (χ1v) is 13.1. The van der Waals surface area contributed by atoms with E-state index in [1.54, 1.807) is 25.1 Å². The lowest BCUT2D eigenvalue weighted by molar-refractivity contribution is 0.00227. The maximum absolute atomic E-state index is 13.6. The van der Waals surface area contributed by atoms with Crippen LogP contribution in [0.1, 0.15) is 27.8 Å². The Balaban J connectivity index is 2.07. The zero-order valence-corrected chi connectivity index (χ0v) is 24.7. The van der Waals surface area contributed by atoms with Crippen LogP contribution in [0.3, 0.4) is 0 Å². The number of benzene rings is 1. The first kappa shape index (κ1) is 28.6. The highest BCUT2D eigenvalue weighted by molar-refractivity contribution is 9.11. The lowest BCUT2D eigenvalue weighted by Gasteiger charge is -2.31. The van der Waals surface area contributed by atoms with Crippen LogP contribution in [-0.4, -0.2) is 62.9 Å². The molecule has 2 aromatic heterocycles. The molecule has 0 aliphatic carbocycles. The van der Waals surface area contributed by atoms with Crippen LogP contribution < -0.4 is 5.32 Å². The summed E-state index contributed by atoms with van der Waals surface area (Å²) in [5, 5.41) is 18.5. The SMILES string of the molecule is CCN(C(=O)OC)N(CC#N)C(=O)c1cc(Br)cc(Br)c1NC(=O)c1cc(Br)nn1-c1ncccc1Cl. The Bertz CT molecular complexity index is 1410. The molecule has 37 heavy (non-hydrogen) atoms. The van der Waals surface area contributed by atoms with Gasteiger partial charge >= 0.3 is 6.09 Å². The van der Waals surface area contributed by atoms with E-state index in [1.165, 1.54) is 23.0 Å². The van der Waals surface area contributed by atoms with Crippen LogP contribution in [-0.2, 0) is 4.74 Å². The Morgan fingerprint density at radius 3 is 2.57 bits per heavy atom. The molecule has 192 valence electrons. The van der Waals surface area contributed by atoms with E-state index in [2.05, 4.69) is 63.2 Å². The van der Waals surface area contributed by atoms with E-state index in [9.17, 15) is 19.6 Å². The van der Waals surface area contributed by atoms with Gasteiger partial charge in [0, 0.05) is 27.8 Å². The summed E-state index contributed by atoms with van der Waals surface area (Å²) in [6.45, 7) is 1.22. The van der Waals surface area contributed by atoms with Gasteiger partial charge in [-0.05, 0) is 63.0 Å². The number of nitrogens with one attached hydrogen (secondary N) is 1. The molecule has 2 heterocycles. The lowest BCUT2D eigenvalue weighted by atomic mass is 10.1. The van der Waals surface area contributed by atoms with Gasteiger partial charge in [0.25, 0.3) is 11.8 Å². The minimum Gasteiger partial charge on any atom is -0.452 e. The second-order valence-electron chi connectivity index (χ2n) is 7.04. The Morgan fingerprint density at radius 1 is 1.22 bits per heavy atom. The molecular weight excluding hydrogens is 701 g/mol. The number of carbonyl (C=O) groups is 3. The van der Waals surface area contributed by atoms with Crippen molar-refractivity contribution in [3.8, 4) is 11.9 Å². The summed E-state index contributed by atoms with van der Waals surface area (Å²) in [6, 6.07) is 9.67. The molecule has 11 nitrogen and oxygen atoms in total. The largest absolute Gasteiger partial charge is 0.452 e. The normalized spacial score (nSPS) is 10.4. The fourth-order valence-corrected chi connectivity index (χ4v) is 5.13. The standard InChI is InChI=1S/C22H17Br3ClN7O4/c1-3-31(22(36)37-2)32(8-6-27)21(35)13-9-12(23)10-14(24)18(13)29-20(34)16-11-17(25)30-33(16)19-15(26)5-4-7-28-19/h4-5,7,9-11H,3,8H2,1-2H3,(H,29,34). The van der Waals surface area contributed by atoms with E-state index < -0.39 is 24.5 Å². The molecule has 1 N–H and O–H groups in total. The molecule has 0 saturated carbocycles. The highest BCUT2D eigenvalue weighted by Gasteiger charge is 2.30. The quantitative estimate of drug-likeness (QED) is 0.266. The minimum atomic E-state index is -0.827. The molecule has 0 atom stereocenters. The van der Waals surface area contributed by atoms with Gasteiger partial charge in [-0.25, -0.2) is 24.5 Å². The van der Waals surface area contributed by atoms with E-state index in [0.29, 0.717) is 13.5 Å². The summed E-state index contributed by atoms with van der Waals surface area (Å²) in [5.74, 6) is -1.14. The van der Waals surface area contributed by atoms with Crippen molar-refractivity contribution < 1.29 is 19.1 Å². The van der Waals surface area contributed by atoms with Crippen molar-refractivity contribution in [2.75, 3.05) is 25.5 Å². The third-order valence-corrected chi connectivity index (χ3v) is 6.57. The number of hydrazine groups is 1. The predicted molar refractivity (Wildman–Crippen MR) is 145 cm³/mol. The van der Waals surface area contributed by atoms with Crippen LogP contribution in [0.2, 0.25) is 5.02 Å². The van der Waals surface area contributed by atoms with Crippen LogP contribution in [0.15, 0.2) is 50.1 Å². The molecule has 15 heteroatoms. The zero-order chi connectivity index (χ0) is 27.3. The van der Waals surface area contributed by atoms with Gasteiger partial charge in [0.2, 0.25) is 0 Å². The maximum Gasteiger partial charge on any atom is 0.428 e. The average Bonchev–Trinajstić information content (AvgIpc) is 3.26. The van der Waals surface area contributed by atoms with Crippen LogP contribution >= 0.6 is 59.4 Å². The van der Waals surface area contributed by atoms with Crippen molar-refractivity contribution in [2.24, 2.45) is 0 Å². The van der Waals surface area contributed by atoms with Gasteiger partial charge in [0.15, 0.2) is 5.82 Å². The number of halogens is 4. The highest BCUT2D eigenvalue weighted by atomic mass is 79.9. The van der Waals surface area contributed by atoms with Crippen molar-refractivity contribution in [3.05, 3.63) is 66.4 Å². The summed E-state index contributed by atoms with van der Waals surface area (Å²) in [5.41, 5.74) is 0.158. The van der Waals surface area contributed by atoms with Crippen molar-refractivity contribution in [3.63, 3.8) is 0 Å². The highest BCUT2D eigenvalue weighted by Crippen LogP contribution is 2.33. The predicted octanol–water partition coefficient (Wildman–Crippen LogP) is 5.43. The topological polar surface area (TPSA) is 133 Å². The molecular formula is C22H17Br3ClN7O4. The third-order valence-electron chi connectivity index (χ3n) is 4.81. The molecule has 3 rings (SSSR count). The molecule has 0 aliphatic rings. The molecule has 0 saturated heterocycles. The molecule has 0 unspecified atom stereocenters. The number of carbonyl (C=O) groups excluding carboxylic acids is 3. The molecule has 0 aliphatic heterocycles. The maximum atomic E-state index is 13.6. The van der Waals surface area contributed by atoms with Crippen LogP contribution in [0.5, 0.6) is 0 Å². The number of methoxy groups -OCH3 is 1. The Morgan fingerprint density at radius 2 is 1.95 bits per heavy atom. The fraction of sp³-hybridized carbons (Fsp3) is 0.182. The van der Waals surface area contributed by atoms with Crippen molar-refractivity contribution in [2.45, 2.75) is 6.92 Å². The van der Waals surface area contributed by atoms with Gasteiger partial charge in [-0.1, -0.05) is 27.5 Å². The van der Waals surface area contributed by atoms with Crippen molar-refractivity contribution in [1.29, 1.82) is 5.26 Å². The molecule has 0 bridgehead atoms. The monoisotopic (exact) mass is 715 g/mol. The summed E-state index contributed by atoms with van der Waals surface area (Å²) < 4.78 is 7.22. The first-order chi connectivity index (χ1) is 17.6. The molecule has 1 aromatic carbocycles. The summed E-state index contributed by atoms with van der Waals surface area (Å²) in [6.07, 6.45) is 0.678. The second kappa shape index (κ2) is 12.5. The van der Waals surface area contributed by atoms with Crippen LogP contribution in [0.4, 0.5) is 10.5 Å². The Labute approximate surface area is 241 Å². The molecule has 3 aromatic rings. The molecule has 0 fully saturated rings. The van der Waals surface area contributed by atoms with Gasteiger partial charge in [-0.3, -0.25) is 9.59 Å². The van der Waals surface area contributed by atoms with Gasteiger partial charge in [0.05, 0.1) is 29.5 Å². The van der Waals surface area contributed by atoms with E-state index in [4.69, 9.17) is 16.3 Å². The van der Waals surface area contributed by atoms with E-state index >= 15 is 0 Å². The number of aromatic nitrogens is 3. The molecule has 0 spiro atoms. The fourth-order valence-electron chi connectivity index (χ4n) is 3.23. The number of nitriles is 1. The van der Waals surface area contributed by atoms with Gasteiger partial charge in [-0.15, -0.1) is 0 Å².